The highest BCUT2D eigenvalue weighted by molar-refractivity contribution is 7.98. The zero-order valence-corrected chi connectivity index (χ0v) is 20.4. The molecule has 5 nitrogen and oxygen atoms in total. The molecule has 1 atom stereocenters. The first kappa shape index (κ1) is 22.3. The second kappa shape index (κ2) is 9.38. The Bertz CT molecular complexity index is 1360. The highest BCUT2D eigenvalue weighted by Gasteiger charge is 2.27. The molecule has 5 rings (SSSR count). The van der Waals surface area contributed by atoms with E-state index < -0.39 is 16.1 Å². The summed E-state index contributed by atoms with van der Waals surface area (Å²) in [6, 6.07) is 22.3. The first-order valence-electron chi connectivity index (χ1n) is 10.6. The highest BCUT2D eigenvalue weighted by atomic mass is 32.2. The fourth-order valence-corrected chi connectivity index (χ4v) is 6.91. The molecule has 1 aliphatic heterocycles. The lowest BCUT2D eigenvalue weighted by atomic mass is 10.1. The van der Waals surface area contributed by atoms with E-state index >= 15 is 0 Å². The Labute approximate surface area is 201 Å². The Morgan fingerprint density at radius 3 is 2.52 bits per heavy atom. The third-order valence-corrected chi connectivity index (χ3v) is 8.89. The average molecular weight is 498 g/mol. The van der Waals surface area contributed by atoms with Crippen molar-refractivity contribution < 1.29 is 17.9 Å². The Balaban J connectivity index is 1.57. The first-order chi connectivity index (χ1) is 16.0. The number of hydrogen-bond donors (Lipinski definition) is 1. The van der Waals surface area contributed by atoms with Crippen LogP contribution in [0.1, 0.15) is 22.9 Å². The maximum absolute atomic E-state index is 13.6. The van der Waals surface area contributed by atoms with Crippen LogP contribution in [-0.4, -0.2) is 27.9 Å². The maximum Gasteiger partial charge on any atom is 0.241 e. The molecule has 0 spiro atoms. The van der Waals surface area contributed by atoms with Crippen LogP contribution in [0, 0.1) is 0 Å². The summed E-state index contributed by atoms with van der Waals surface area (Å²) in [4.78, 5) is 2.12. The van der Waals surface area contributed by atoms with Crippen molar-refractivity contribution in [2.75, 3.05) is 19.5 Å². The van der Waals surface area contributed by atoms with Gasteiger partial charge in [0.05, 0.1) is 24.2 Å². The Kier molecular flexibility index (Phi) is 6.34. The van der Waals surface area contributed by atoms with Crippen molar-refractivity contribution in [2.24, 2.45) is 0 Å². The van der Waals surface area contributed by atoms with Crippen molar-refractivity contribution >= 4 is 43.2 Å². The van der Waals surface area contributed by atoms with Gasteiger partial charge in [-0.15, -0.1) is 23.1 Å². The van der Waals surface area contributed by atoms with Gasteiger partial charge in [0, 0.05) is 27.0 Å². The number of hydrogen-bond acceptors (Lipinski definition) is 6. The van der Waals surface area contributed by atoms with Gasteiger partial charge in [-0.3, -0.25) is 0 Å². The van der Waals surface area contributed by atoms with E-state index in [2.05, 4.69) is 16.9 Å². The van der Waals surface area contributed by atoms with Gasteiger partial charge in [-0.25, -0.2) is 8.42 Å². The SMILES string of the molecule is CSc1ccccc1[C@@H](NS(=O)(=O)c1ccc2c(c1)OCCCO2)c1cc2ccccc2s1. The van der Waals surface area contributed by atoms with E-state index in [1.807, 2.05) is 48.7 Å². The number of benzene rings is 3. The van der Waals surface area contributed by atoms with Crippen LogP contribution in [0.2, 0.25) is 0 Å². The molecule has 0 bridgehead atoms. The van der Waals surface area contributed by atoms with Gasteiger partial charge in [-0.05, 0) is 47.5 Å². The first-order valence-corrected chi connectivity index (χ1v) is 14.1. The second-order valence-electron chi connectivity index (χ2n) is 7.64. The topological polar surface area (TPSA) is 64.6 Å². The summed E-state index contributed by atoms with van der Waals surface area (Å²) in [7, 11) is -3.85. The lowest BCUT2D eigenvalue weighted by Gasteiger charge is -2.21. The van der Waals surface area contributed by atoms with Gasteiger partial charge in [0.25, 0.3) is 0 Å². The third-order valence-electron chi connectivity index (χ3n) is 5.48. The van der Waals surface area contributed by atoms with Crippen molar-refractivity contribution in [3.63, 3.8) is 0 Å². The highest BCUT2D eigenvalue weighted by Crippen LogP contribution is 2.38. The van der Waals surface area contributed by atoms with Crippen molar-refractivity contribution in [3.05, 3.63) is 83.2 Å². The molecule has 1 N–H and O–H groups in total. The van der Waals surface area contributed by atoms with Gasteiger partial charge in [0.2, 0.25) is 10.0 Å². The number of fused-ring (bicyclic) bond motifs is 2. The molecule has 2 heterocycles. The van der Waals surface area contributed by atoms with E-state index in [9.17, 15) is 8.42 Å². The minimum absolute atomic E-state index is 0.152. The summed E-state index contributed by atoms with van der Waals surface area (Å²) >= 11 is 3.20. The number of thiophene rings is 1. The third kappa shape index (κ3) is 4.61. The zero-order valence-electron chi connectivity index (χ0n) is 18.0. The monoisotopic (exact) mass is 497 g/mol. The van der Waals surface area contributed by atoms with Crippen LogP contribution in [0.3, 0.4) is 0 Å². The maximum atomic E-state index is 13.6. The molecule has 0 radical (unpaired) electrons. The predicted molar refractivity (Wildman–Crippen MR) is 134 cm³/mol. The molecule has 0 amide bonds. The Morgan fingerprint density at radius 2 is 1.70 bits per heavy atom. The molecule has 0 saturated carbocycles. The van der Waals surface area contributed by atoms with E-state index in [-0.39, 0.29) is 4.90 Å². The van der Waals surface area contributed by atoms with Crippen LogP contribution < -0.4 is 14.2 Å². The van der Waals surface area contributed by atoms with Gasteiger partial charge in [-0.2, -0.15) is 4.72 Å². The molecule has 1 aliphatic rings. The largest absolute Gasteiger partial charge is 0.490 e. The number of nitrogens with one attached hydrogen (secondary N) is 1. The Morgan fingerprint density at radius 1 is 0.939 bits per heavy atom. The molecule has 4 aromatic rings. The summed E-state index contributed by atoms with van der Waals surface area (Å²) in [5.41, 5.74) is 0.925. The summed E-state index contributed by atoms with van der Waals surface area (Å²) in [5, 5.41) is 1.10. The van der Waals surface area contributed by atoms with Gasteiger partial charge in [0.1, 0.15) is 0 Å². The molecule has 0 aliphatic carbocycles. The molecule has 0 saturated heterocycles. The fraction of sp³-hybridized carbons (Fsp3) is 0.200. The Hall–Kier alpha value is -2.52. The van der Waals surface area contributed by atoms with Crippen LogP contribution in [-0.2, 0) is 10.0 Å². The molecule has 8 heteroatoms. The minimum atomic E-state index is -3.85. The molecule has 0 unspecified atom stereocenters. The quantitative estimate of drug-likeness (QED) is 0.339. The van der Waals surface area contributed by atoms with E-state index in [4.69, 9.17) is 9.47 Å². The predicted octanol–water partition coefficient (Wildman–Crippen LogP) is 5.85. The lowest BCUT2D eigenvalue weighted by molar-refractivity contribution is 0.297. The van der Waals surface area contributed by atoms with Crippen LogP contribution in [0.15, 0.2) is 82.6 Å². The van der Waals surface area contributed by atoms with Gasteiger partial charge < -0.3 is 9.47 Å². The number of thioether (sulfide) groups is 1. The van der Waals surface area contributed by atoms with Gasteiger partial charge in [-0.1, -0.05) is 36.4 Å². The minimum Gasteiger partial charge on any atom is -0.490 e. The zero-order chi connectivity index (χ0) is 22.8. The second-order valence-corrected chi connectivity index (χ2v) is 11.3. The summed E-state index contributed by atoms with van der Waals surface area (Å²) in [6.07, 6.45) is 2.76. The lowest BCUT2D eigenvalue weighted by Crippen LogP contribution is -2.29. The molecule has 3 aromatic carbocycles. The molecule has 170 valence electrons. The smallest absolute Gasteiger partial charge is 0.241 e. The molecular weight excluding hydrogens is 474 g/mol. The van der Waals surface area contributed by atoms with E-state index in [0.29, 0.717) is 24.7 Å². The van der Waals surface area contributed by atoms with E-state index in [0.717, 1.165) is 31.8 Å². The summed E-state index contributed by atoms with van der Waals surface area (Å²) < 4.78 is 42.6. The summed E-state index contributed by atoms with van der Waals surface area (Å²) in [5.74, 6) is 1.03. The van der Waals surface area contributed by atoms with Gasteiger partial charge in [0.15, 0.2) is 11.5 Å². The average Bonchev–Trinajstić information content (AvgIpc) is 3.12. The molecule has 1 aromatic heterocycles. The van der Waals surface area contributed by atoms with Crippen LogP contribution in [0.25, 0.3) is 10.1 Å². The fourth-order valence-electron chi connectivity index (χ4n) is 3.86. The van der Waals surface area contributed by atoms with E-state index in [1.54, 1.807) is 41.3 Å². The van der Waals surface area contributed by atoms with Crippen molar-refractivity contribution in [1.82, 2.24) is 4.72 Å². The number of sulfonamides is 1. The molecular formula is C25H23NO4S3. The number of rotatable bonds is 6. The molecule has 33 heavy (non-hydrogen) atoms. The molecule has 0 fully saturated rings. The van der Waals surface area contributed by atoms with Crippen molar-refractivity contribution in [1.29, 1.82) is 0 Å². The van der Waals surface area contributed by atoms with Gasteiger partial charge >= 0.3 is 0 Å². The van der Waals surface area contributed by atoms with E-state index in [1.165, 1.54) is 0 Å². The van der Waals surface area contributed by atoms with Crippen molar-refractivity contribution in [3.8, 4) is 11.5 Å². The summed E-state index contributed by atoms with van der Waals surface area (Å²) in [6.45, 7) is 1.05. The van der Waals surface area contributed by atoms with Crippen LogP contribution in [0.4, 0.5) is 0 Å². The normalized spacial score (nSPS) is 14.7. The standard InChI is InChI=1S/C25H23NO4S3/c1-31-23-10-5-3-8-19(23)25(24-15-17-7-2-4-9-22(17)32-24)26-33(27,28)18-11-12-20-21(16-18)30-14-6-13-29-20/h2-5,7-12,15-16,25-26H,6,13-14H2,1H3/t25-/m1/s1. The van der Waals surface area contributed by atoms with Crippen LogP contribution >= 0.6 is 23.1 Å². The van der Waals surface area contributed by atoms with Crippen LogP contribution in [0.5, 0.6) is 11.5 Å². The number of ether oxygens (including phenoxy) is 2. The van der Waals surface area contributed by atoms with Crippen molar-refractivity contribution in [2.45, 2.75) is 22.3 Å².